The number of hydrogen-bond acceptors (Lipinski definition) is 2. The van der Waals surface area contributed by atoms with E-state index in [1.807, 2.05) is 44.2 Å². The number of carbonyl (C=O) groups excluding carboxylic acids is 1. The number of aromatic nitrogens is 1. The highest BCUT2D eigenvalue weighted by atomic mass is 16.3. The number of nitrogens with one attached hydrogen (secondary N) is 1. The molecule has 114 valence electrons. The molecule has 1 amide bonds. The molecule has 2 heterocycles. The standard InChI is InChI=1S/C18H20N2O2/c1-11-12(2)19-16-8-7-14(10-15(11)16)18(21)20(4)13(3)17-6-5-9-22-17/h5-10,13,19H,1-4H3. The fraction of sp³-hybridized carbons (Fsp3) is 0.278. The number of aryl methyl sites for hydroxylation is 2. The third-order valence-electron chi connectivity index (χ3n) is 4.41. The average molecular weight is 296 g/mol. The number of furan rings is 1. The van der Waals surface area contributed by atoms with Crippen molar-refractivity contribution in [2.75, 3.05) is 7.05 Å². The van der Waals surface area contributed by atoms with Crippen LogP contribution in [0.3, 0.4) is 0 Å². The molecule has 0 aliphatic heterocycles. The lowest BCUT2D eigenvalue weighted by molar-refractivity contribution is 0.0726. The summed E-state index contributed by atoms with van der Waals surface area (Å²) >= 11 is 0. The molecule has 1 N–H and O–H groups in total. The number of fused-ring (bicyclic) bond motifs is 1. The Kier molecular flexibility index (Phi) is 3.53. The number of H-pyrrole nitrogens is 1. The number of hydrogen-bond donors (Lipinski definition) is 1. The van der Waals surface area contributed by atoms with E-state index in [4.69, 9.17) is 4.42 Å². The van der Waals surface area contributed by atoms with Crippen molar-refractivity contribution in [3.05, 3.63) is 59.2 Å². The summed E-state index contributed by atoms with van der Waals surface area (Å²) in [5.74, 6) is 0.773. The lowest BCUT2D eigenvalue weighted by Crippen LogP contribution is -2.29. The maximum Gasteiger partial charge on any atom is 0.254 e. The van der Waals surface area contributed by atoms with Gasteiger partial charge in [-0.1, -0.05) is 0 Å². The Morgan fingerprint density at radius 1 is 1.27 bits per heavy atom. The van der Waals surface area contributed by atoms with Gasteiger partial charge in [0.15, 0.2) is 0 Å². The minimum atomic E-state index is -0.104. The first-order chi connectivity index (χ1) is 10.5. The van der Waals surface area contributed by atoms with Crippen LogP contribution in [-0.2, 0) is 0 Å². The van der Waals surface area contributed by atoms with Gasteiger partial charge in [0.25, 0.3) is 5.91 Å². The molecule has 0 aliphatic rings. The molecule has 1 aromatic carbocycles. The number of rotatable bonds is 3. The molecule has 0 aliphatic carbocycles. The van der Waals surface area contributed by atoms with Crippen LogP contribution in [0.5, 0.6) is 0 Å². The summed E-state index contributed by atoms with van der Waals surface area (Å²) in [6, 6.07) is 9.41. The van der Waals surface area contributed by atoms with Crippen LogP contribution in [0.4, 0.5) is 0 Å². The second-order valence-electron chi connectivity index (χ2n) is 5.74. The summed E-state index contributed by atoms with van der Waals surface area (Å²) in [5, 5.41) is 1.10. The normalized spacial score (nSPS) is 12.5. The van der Waals surface area contributed by atoms with Crippen LogP contribution in [0, 0.1) is 13.8 Å². The fourth-order valence-electron chi connectivity index (χ4n) is 2.69. The van der Waals surface area contributed by atoms with Crippen molar-refractivity contribution < 1.29 is 9.21 Å². The van der Waals surface area contributed by atoms with Crippen molar-refractivity contribution >= 4 is 16.8 Å². The molecule has 0 radical (unpaired) electrons. The molecule has 0 fully saturated rings. The van der Waals surface area contributed by atoms with E-state index in [0.29, 0.717) is 5.56 Å². The van der Waals surface area contributed by atoms with Crippen LogP contribution >= 0.6 is 0 Å². The SMILES string of the molecule is Cc1[nH]c2ccc(C(=O)N(C)C(C)c3ccco3)cc2c1C. The second kappa shape index (κ2) is 5.37. The Labute approximate surface area is 129 Å². The van der Waals surface area contributed by atoms with Crippen molar-refractivity contribution in [1.29, 1.82) is 0 Å². The topological polar surface area (TPSA) is 49.2 Å². The molecule has 2 aromatic heterocycles. The second-order valence-corrected chi connectivity index (χ2v) is 5.74. The van der Waals surface area contributed by atoms with E-state index in [-0.39, 0.29) is 11.9 Å². The van der Waals surface area contributed by atoms with E-state index >= 15 is 0 Å². The van der Waals surface area contributed by atoms with E-state index in [1.165, 1.54) is 5.56 Å². The first kappa shape index (κ1) is 14.4. The zero-order valence-electron chi connectivity index (χ0n) is 13.3. The summed E-state index contributed by atoms with van der Waals surface area (Å²) in [4.78, 5) is 17.7. The summed E-state index contributed by atoms with van der Waals surface area (Å²) < 4.78 is 5.40. The van der Waals surface area contributed by atoms with Crippen LogP contribution in [0.2, 0.25) is 0 Å². The van der Waals surface area contributed by atoms with E-state index in [9.17, 15) is 4.79 Å². The van der Waals surface area contributed by atoms with Gasteiger partial charge in [0.05, 0.1) is 12.3 Å². The van der Waals surface area contributed by atoms with Crippen molar-refractivity contribution in [2.24, 2.45) is 0 Å². The van der Waals surface area contributed by atoms with Gasteiger partial charge in [0, 0.05) is 29.2 Å². The van der Waals surface area contributed by atoms with Crippen LogP contribution < -0.4 is 0 Å². The summed E-state index contributed by atoms with van der Waals surface area (Å²) in [6.45, 7) is 6.07. The zero-order chi connectivity index (χ0) is 15.9. The van der Waals surface area contributed by atoms with Crippen LogP contribution in [0.1, 0.15) is 40.3 Å². The van der Waals surface area contributed by atoms with Gasteiger partial charge < -0.3 is 14.3 Å². The molecular formula is C18H20N2O2. The third-order valence-corrected chi connectivity index (χ3v) is 4.41. The summed E-state index contributed by atoms with van der Waals surface area (Å²) in [7, 11) is 1.80. The molecule has 4 heteroatoms. The number of amides is 1. The van der Waals surface area contributed by atoms with Gasteiger partial charge in [0.2, 0.25) is 0 Å². The predicted octanol–water partition coefficient (Wildman–Crippen LogP) is 4.21. The van der Waals surface area contributed by atoms with Gasteiger partial charge in [-0.2, -0.15) is 0 Å². The summed E-state index contributed by atoms with van der Waals surface area (Å²) in [5.41, 5.74) is 4.08. The van der Waals surface area contributed by atoms with E-state index < -0.39 is 0 Å². The molecule has 3 rings (SSSR count). The number of aromatic amines is 1. The van der Waals surface area contributed by atoms with Crippen LogP contribution in [0.15, 0.2) is 41.0 Å². The minimum Gasteiger partial charge on any atom is -0.467 e. The molecule has 1 unspecified atom stereocenters. The molecule has 3 aromatic rings. The lowest BCUT2D eigenvalue weighted by atomic mass is 10.1. The lowest BCUT2D eigenvalue weighted by Gasteiger charge is -2.23. The molecule has 1 atom stereocenters. The fourth-order valence-corrected chi connectivity index (χ4v) is 2.69. The highest BCUT2D eigenvalue weighted by molar-refractivity contribution is 5.99. The van der Waals surface area contributed by atoms with E-state index in [2.05, 4.69) is 11.9 Å². The largest absolute Gasteiger partial charge is 0.467 e. The first-order valence-corrected chi connectivity index (χ1v) is 7.38. The zero-order valence-corrected chi connectivity index (χ0v) is 13.3. The van der Waals surface area contributed by atoms with Crippen molar-refractivity contribution in [2.45, 2.75) is 26.8 Å². The first-order valence-electron chi connectivity index (χ1n) is 7.38. The van der Waals surface area contributed by atoms with Crippen molar-refractivity contribution in [3.63, 3.8) is 0 Å². The van der Waals surface area contributed by atoms with Crippen molar-refractivity contribution in [1.82, 2.24) is 9.88 Å². The maximum atomic E-state index is 12.7. The van der Waals surface area contributed by atoms with Gasteiger partial charge in [0.1, 0.15) is 5.76 Å². The molecule has 4 nitrogen and oxygen atoms in total. The van der Waals surface area contributed by atoms with Gasteiger partial charge in [-0.05, 0) is 56.7 Å². The molecule has 0 spiro atoms. The van der Waals surface area contributed by atoms with Crippen LogP contribution in [0.25, 0.3) is 10.9 Å². The maximum absolute atomic E-state index is 12.7. The van der Waals surface area contributed by atoms with Crippen LogP contribution in [-0.4, -0.2) is 22.8 Å². The Morgan fingerprint density at radius 2 is 2.05 bits per heavy atom. The average Bonchev–Trinajstić information content (AvgIpc) is 3.14. The van der Waals surface area contributed by atoms with Gasteiger partial charge in [-0.25, -0.2) is 0 Å². The predicted molar refractivity (Wildman–Crippen MR) is 87.0 cm³/mol. The highest BCUT2D eigenvalue weighted by Gasteiger charge is 2.21. The Hall–Kier alpha value is -2.49. The Bertz CT molecular complexity index is 815. The van der Waals surface area contributed by atoms with Crippen molar-refractivity contribution in [3.8, 4) is 0 Å². The molecule has 22 heavy (non-hydrogen) atoms. The number of nitrogens with zero attached hydrogens (tertiary/aromatic N) is 1. The summed E-state index contributed by atoms with van der Waals surface area (Å²) in [6.07, 6.45) is 1.63. The number of benzene rings is 1. The Morgan fingerprint density at radius 3 is 2.73 bits per heavy atom. The molecule has 0 bridgehead atoms. The monoisotopic (exact) mass is 296 g/mol. The quantitative estimate of drug-likeness (QED) is 0.787. The van der Waals surface area contributed by atoms with E-state index in [0.717, 1.165) is 22.4 Å². The van der Waals surface area contributed by atoms with Gasteiger partial charge >= 0.3 is 0 Å². The number of carbonyl (C=O) groups is 1. The molecule has 0 saturated carbocycles. The smallest absolute Gasteiger partial charge is 0.254 e. The molecular weight excluding hydrogens is 276 g/mol. The third kappa shape index (κ3) is 2.30. The minimum absolute atomic E-state index is 0.0101. The Balaban J connectivity index is 1.93. The molecule has 0 saturated heterocycles. The van der Waals surface area contributed by atoms with E-state index in [1.54, 1.807) is 18.2 Å². The highest BCUT2D eigenvalue weighted by Crippen LogP contribution is 2.25. The van der Waals surface area contributed by atoms with Gasteiger partial charge in [-0.15, -0.1) is 0 Å². The van der Waals surface area contributed by atoms with Gasteiger partial charge in [-0.3, -0.25) is 4.79 Å².